The van der Waals surface area contributed by atoms with Crippen LogP contribution < -0.4 is 31.9 Å². The number of likely N-dealkylation sites (N-methyl/N-ethyl adjacent to an activating group) is 1. The molecule has 0 bridgehead atoms. The number of unbranched alkanes of at least 4 members (excludes halogenated alkanes) is 2. The number of methoxy groups -OCH3 is 2. The van der Waals surface area contributed by atoms with Crippen molar-refractivity contribution in [3.63, 3.8) is 0 Å². The minimum Gasteiger partial charge on any atom is -0.445 e. The molecule has 0 aromatic heterocycles. The van der Waals surface area contributed by atoms with Gasteiger partial charge in [0.25, 0.3) is 11.8 Å². The Morgan fingerprint density at radius 3 is 2.09 bits per heavy atom. The number of amides is 10. The third kappa shape index (κ3) is 18.4. The molecule has 7 atom stereocenters. The highest BCUT2D eigenvalue weighted by molar-refractivity contribution is 6.12. The second-order valence-corrected chi connectivity index (χ2v) is 22.7. The zero-order chi connectivity index (χ0) is 60.3. The summed E-state index contributed by atoms with van der Waals surface area (Å²) in [6, 6.07) is 14.8. The Balaban J connectivity index is 1.03. The quantitative estimate of drug-likeness (QED) is 0.0442. The van der Waals surface area contributed by atoms with Gasteiger partial charge in [-0.05, 0) is 87.5 Å². The highest BCUT2D eigenvalue weighted by Gasteiger charge is 2.46. The van der Waals surface area contributed by atoms with Crippen molar-refractivity contribution in [1.29, 1.82) is 0 Å². The summed E-state index contributed by atoms with van der Waals surface area (Å²) in [4.78, 5) is 134. The number of hydrogen-bond donors (Lipinski definition) is 6. The monoisotopic (exact) mass is 1140 g/mol. The van der Waals surface area contributed by atoms with Gasteiger partial charge >= 0.3 is 6.09 Å². The molecule has 2 aromatic carbocycles. The molecular formula is C60H87N9O13. The standard InChI is InChI=1S/C60H87N9O13/c1-11-39(4)53(45(80-9)33-50(74)68-32-18-21-44(68)54(81-10)40(5)55(76)63-37-60(29-30-60)42-19-14-12-15-20-42)67(8)51(75)35-62-57(78)59(6,7)66-58(79)82-36-41-23-25-43(26-24-41)64-47(71)34-61-56(77)52(38(2)3)65-46(70)22-16-13-17-31-69-48(72)27-28-49(69)73/h12,14-15,19-20,23-28,38-40,44-45,52-54H,11,13,16-18,21-22,29-37H2,1-10H3,(H,61,77)(H,62,78)(H,63,76)(H,64,71)(H,65,70)(H,66,79)/t39-,40+,44-,45+,52?,53-,54+/m0/s1. The van der Waals surface area contributed by atoms with Crippen LogP contribution in [0, 0.1) is 17.8 Å². The molecule has 3 aliphatic rings. The van der Waals surface area contributed by atoms with Crippen molar-refractivity contribution in [3.05, 3.63) is 77.9 Å². The van der Waals surface area contributed by atoms with Crippen LogP contribution in [0.1, 0.15) is 124 Å². The van der Waals surface area contributed by atoms with Crippen LogP contribution in [0.25, 0.3) is 0 Å². The molecule has 2 heterocycles. The number of ether oxygens (including phenoxy) is 3. The van der Waals surface area contributed by atoms with Gasteiger partial charge in [0.05, 0.1) is 49.7 Å². The second-order valence-electron chi connectivity index (χ2n) is 22.7. The van der Waals surface area contributed by atoms with E-state index < -0.39 is 72.0 Å². The number of rotatable bonds is 32. The van der Waals surface area contributed by atoms with Crippen LogP contribution in [-0.4, -0.2) is 164 Å². The Labute approximate surface area is 482 Å². The average molecular weight is 1140 g/mol. The number of alkyl carbamates (subject to hydrolysis) is 1. The molecule has 2 aliphatic heterocycles. The van der Waals surface area contributed by atoms with E-state index in [0.29, 0.717) is 56.4 Å². The summed E-state index contributed by atoms with van der Waals surface area (Å²) in [7, 11) is 4.69. The van der Waals surface area contributed by atoms with Crippen LogP contribution in [0.5, 0.6) is 0 Å². The van der Waals surface area contributed by atoms with Gasteiger partial charge in [0.1, 0.15) is 18.2 Å². The minimum atomic E-state index is -1.51. The molecule has 0 radical (unpaired) electrons. The predicted molar refractivity (Wildman–Crippen MR) is 306 cm³/mol. The van der Waals surface area contributed by atoms with E-state index in [9.17, 15) is 47.9 Å². The topological polar surface area (TPSA) is 280 Å². The van der Waals surface area contributed by atoms with Crippen molar-refractivity contribution in [2.24, 2.45) is 17.8 Å². The summed E-state index contributed by atoms with van der Waals surface area (Å²) in [5.41, 5.74) is 0.603. The van der Waals surface area contributed by atoms with E-state index in [-0.39, 0.29) is 85.4 Å². The van der Waals surface area contributed by atoms with Crippen molar-refractivity contribution in [2.45, 2.75) is 161 Å². The molecule has 22 heteroatoms. The zero-order valence-corrected chi connectivity index (χ0v) is 49.4. The summed E-state index contributed by atoms with van der Waals surface area (Å²) in [6.45, 7) is 12.6. The fourth-order valence-corrected chi connectivity index (χ4v) is 10.6. The first kappa shape index (κ1) is 65.6. The third-order valence-electron chi connectivity index (χ3n) is 16.0. The van der Waals surface area contributed by atoms with Crippen LogP contribution in [0.15, 0.2) is 66.7 Å². The summed E-state index contributed by atoms with van der Waals surface area (Å²) >= 11 is 0. The van der Waals surface area contributed by atoms with Crippen molar-refractivity contribution in [2.75, 3.05) is 59.3 Å². The smallest absolute Gasteiger partial charge is 0.408 e. The fourth-order valence-electron chi connectivity index (χ4n) is 10.6. The molecule has 1 saturated carbocycles. The molecule has 1 saturated heterocycles. The summed E-state index contributed by atoms with van der Waals surface area (Å²) in [5.74, 6) is -4.41. The van der Waals surface area contributed by atoms with Gasteiger partial charge in [0, 0.05) is 70.6 Å². The maximum atomic E-state index is 14.2. The number of carbonyl (C=O) groups excluding carboxylic acids is 10. The Morgan fingerprint density at radius 1 is 0.805 bits per heavy atom. The van der Waals surface area contributed by atoms with E-state index >= 15 is 0 Å². The Bertz CT molecular complexity index is 2570. The molecule has 2 fully saturated rings. The van der Waals surface area contributed by atoms with E-state index in [1.54, 1.807) is 57.2 Å². The average Bonchev–Trinajstić information content (AvgIpc) is 4.00. The molecule has 82 heavy (non-hydrogen) atoms. The Kier molecular flexibility index (Phi) is 24.6. The van der Waals surface area contributed by atoms with Crippen molar-refractivity contribution in [1.82, 2.24) is 41.3 Å². The molecule has 2 aromatic rings. The minimum absolute atomic E-state index is 0.0337. The predicted octanol–water partition coefficient (Wildman–Crippen LogP) is 4.26. The number of imide groups is 1. The molecule has 0 spiro atoms. The molecule has 22 nitrogen and oxygen atoms in total. The summed E-state index contributed by atoms with van der Waals surface area (Å²) in [5, 5.41) is 16.3. The highest BCUT2D eigenvalue weighted by Crippen LogP contribution is 2.47. The Hall–Kier alpha value is -7.20. The van der Waals surface area contributed by atoms with Gasteiger partial charge in [0.2, 0.25) is 41.4 Å². The first-order valence-corrected chi connectivity index (χ1v) is 28.6. The molecule has 5 rings (SSSR count). The lowest BCUT2D eigenvalue weighted by Crippen LogP contribution is -2.57. The zero-order valence-electron chi connectivity index (χ0n) is 49.4. The lowest BCUT2D eigenvalue weighted by molar-refractivity contribution is -0.145. The van der Waals surface area contributed by atoms with Gasteiger partial charge in [-0.3, -0.25) is 48.1 Å². The van der Waals surface area contributed by atoms with Gasteiger partial charge in [-0.25, -0.2) is 4.79 Å². The maximum absolute atomic E-state index is 14.2. The lowest BCUT2D eigenvalue weighted by Gasteiger charge is -2.39. The van der Waals surface area contributed by atoms with Crippen molar-refractivity contribution in [3.8, 4) is 0 Å². The number of benzene rings is 2. The highest BCUT2D eigenvalue weighted by atomic mass is 16.5. The number of nitrogens with zero attached hydrogens (tertiary/aromatic N) is 3. The normalized spacial score (nSPS) is 17.7. The summed E-state index contributed by atoms with van der Waals surface area (Å²) in [6.07, 6.45) is 6.11. The first-order valence-electron chi connectivity index (χ1n) is 28.6. The van der Waals surface area contributed by atoms with E-state index in [1.165, 1.54) is 43.6 Å². The molecule has 10 amide bonds. The first-order chi connectivity index (χ1) is 38.9. The summed E-state index contributed by atoms with van der Waals surface area (Å²) < 4.78 is 17.3. The molecule has 1 aliphatic carbocycles. The van der Waals surface area contributed by atoms with Crippen LogP contribution >= 0.6 is 0 Å². The molecular weight excluding hydrogens is 1050 g/mol. The maximum Gasteiger partial charge on any atom is 0.408 e. The van der Waals surface area contributed by atoms with Gasteiger partial charge in [0.15, 0.2) is 0 Å². The van der Waals surface area contributed by atoms with Crippen LogP contribution in [0.4, 0.5) is 10.5 Å². The van der Waals surface area contributed by atoms with Crippen LogP contribution in [-0.2, 0) is 69.4 Å². The SMILES string of the molecule is CC[C@H](C)[C@@H]([C@@H](CC(=O)N1CCC[C@H]1[C@H](OC)[C@@H](C)C(=O)NCC1(c2ccccc2)CC1)OC)N(C)C(=O)CNC(=O)C(C)(C)NC(=O)OCc1ccc(NC(=O)CNC(=O)C(NC(=O)CCCCCN2C(=O)C=CC2=O)C(C)C)cc1. The third-order valence-corrected chi connectivity index (χ3v) is 16.0. The lowest BCUT2D eigenvalue weighted by atomic mass is 9.90. The van der Waals surface area contributed by atoms with Gasteiger partial charge in [-0.1, -0.05) is 89.9 Å². The van der Waals surface area contributed by atoms with Gasteiger partial charge in [-0.15, -0.1) is 0 Å². The van der Waals surface area contributed by atoms with Crippen LogP contribution in [0.3, 0.4) is 0 Å². The number of carbonyl (C=O) groups is 10. The number of nitrogens with one attached hydrogen (secondary N) is 6. The molecule has 450 valence electrons. The number of hydrogen-bond acceptors (Lipinski definition) is 13. The molecule has 6 N–H and O–H groups in total. The fraction of sp³-hybridized carbons (Fsp3) is 0.600. The van der Waals surface area contributed by atoms with Gasteiger partial charge in [-0.2, -0.15) is 0 Å². The molecule has 1 unspecified atom stereocenters. The second kappa shape index (κ2) is 30.7. The van der Waals surface area contributed by atoms with E-state index in [2.05, 4.69) is 44.0 Å². The van der Waals surface area contributed by atoms with Crippen molar-refractivity contribution >= 4 is 64.9 Å². The number of anilines is 1. The van der Waals surface area contributed by atoms with E-state index in [4.69, 9.17) is 14.2 Å². The van der Waals surface area contributed by atoms with Crippen molar-refractivity contribution < 1.29 is 62.2 Å². The van der Waals surface area contributed by atoms with E-state index in [0.717, 1.165) is 24.2 Å². The van der Waals surface area contributed by atoms with Gasteiger partial charge < -0.3 is 55.9 Å². The Morgan fingerprint density at radius 2 is 1.48 bits per heavy atom. The van der Waals surface area contributed by atoms with Crippen LogP contribution in [0.2, 0.25) is 0 Å². The van der Waals surface area contributed by atoms with E-state index in [1.807, 2.05) is 39.0 Å². The largest absolute Gasteiger partial charge is 0.445 e. The number of likely N-dealkylation sites (tertiary alicyclic amines) is 1.